The summed E-state index contributed by atoms with van der Waals surface area (Å²) in [5, 5.41) is 0. The number of hydrogen-bond donors (Lipinski definition) is 2. The fourth-order valence-corrected chi connectivity index (χ4v) is 4.08. The lowest BCUT2D eigenvalue weighted by atomic mass is 9.89. The molecule has 1 amide bonds. The number of primary amides is 1. The summed E-state index contributed by atoms with van der Waals surface area (Å²) in [4.78, 5) is 19.5. The Morgan fingerprint density at radius 3 is 2.75 bits per heavy atom. The molecule has 5 nitrogen and oxygen atoms in total. The maximum absolute atomic E-state index is 11.0. The quantitative estimate of drug-likeness (QED) is 0.723. The van der Waals surface area contributed by atoms with E-state index < -0.39 is 0 Å². The van der Waals surface area contributed by atoms with Crippen molar-refractivity contribution in [2.24, 2.45) is 16.6 Å². The van der Waals surface area contributed by atoms with Crippen molar-refractivity contribution in [3.05, 3.63) is 0 Å². The molecule has 2 atom stereocenters. The summed E-state index contributed by atoms with van der Waals surface area (Å²) >= 11 is 0. The molecule has 3 aliphatic rings. The highest BCUT2D eigenvalue weighted by Crippen LogP contribution is 2.29. The van der Waals surface area contributed by atoms with E-state index in [0.29, 0.717) is 18.6 Å². The number of rotatable bonds is 4. The van der Waals surface area contributed by atoms with Crippen LogP contribution in [0.4, 0.5) is 0 Å². The Bertz CT molecular complexity index is 376. The number of amides is 1. The van der Waals surface area contributed by atoms with Crippen molar-refractivity contribution in [2.75, 3.05) is 26.2 Å². The maximum atomic E-state index is 11.0. The molecular weight excluding hydrogens is 252 g/mol. The number of carbonyl (C=O) groups is 1. The van der Waals surface area contributed by atoms with E-state index in [0.717, 1.165) is 25.6 Å². The fraction of sp³-hybridized carbons (Fsp3) is 0.867. The molecule has 2 fully saturated rings. The van der Waals surface area contributed by atoms with Crippen LogP contribution in [-0.2, 0) is 4.79 Å². The number of likely N-dealkylation sites (tertiary alicyclic amines) is 1. The van der Waals surface area contributed by atoms with Crippen LogP contribution in [0.3, 0.4) is 0 Å². The molecule has 0 spiro atoms. The zero-order chi connectivity index (χ0) is 13.9. The Kier molecular flexibility index (Phi) is 4.24. The van der Waals surface area contributed by atoms with E-state index in [1.165, 1.54) is 43.4 Å². The lowest BCUT2D eigenvalue weighted by Crippen LogP contribution is -3.14. The van der Waals surface area contributed by atoms with Gasteiger partial charge in [0.05, 0.1) is 31.5 Å². The van der Waals surface area contributed by atoms with E-state index in [9.17, 15) is 4.79 Å². The first-order valence-corrected chi connectivity index (χ1v) is 8.13. The van der Waals surface area contributed by atoms with Gasteiger partial charge in [-0.1, -0.05) is 12.8 Å². The molecule has 112 valence electrons. The molecule has 2 heterocycles. The standard InChI is InChI=1S/C15H26N4O/c16-15(20)10-18-7-5-12(6-8-18)9-19-11-17-13-3-1-2-4-14(13)19/h11-14H,1-10H2,(H2,16,20)/p+1. The summed E-state index contributed by atoms with van der Waals surface area (Å²) in [5.41, 5.74) is 5.28. The number of hydrogen-bond acceptors (Lipinski definition) is 3. The van der Waals surface area contributed by atoms with Crippen LogP contribution in [0.5, 0.6) is 0 Å². The van der Waals surface area contributed by atoms with Gasteiger partial charge in [0.2, 0.25) is 0 Å². The number of carbonyl (C=O) groups excluding carboxylic acids is 1. The van der Waals surface area contributed by atoms with E-state index in [1.54, 1.807) is 0 Å². The summed E-state index contributed by atoms with van der Waals surface area (Å²) in [6.07, 6.45) is 9.84. The van der Waals surface area contributed by atoms with E-state index >= 15 is 0 Å². The average molecular weight is 279 g/mol. The summed E-state index contributed by atoms with van der Waals surface area (Å²) in [6, 6.07) is 1.25. The fourth-order valence-electron chi connectivity index (χ4n) is 4.08. The molecule has 0 radical (unpaired) electrons. The number of aliphatic imine (C=N–C) groups is 1. The van der Waals surface area contributed by atoms with Crippen LogP contribution in [0.15, 0.2) is 4.99 Å². The largest absolute Gasteiger partial charge is 0.365 e. The van der Waals surface area contributed by atoms with E-state index in [4.69, 9.17) is 10.7 Å². The minimum atomic E-state index is -0.171. The Hall–Kier alpha value is -1.10. The second-order valence-electron chi connectivity index (χ2n) is 6.72. The molecule has 0 bridgehead atoms. The molecule has 3 rings (SSSR count). The summed E-state index contributed by atoms with van der Waals surface area (Å²) in [7, 11) is 0. The van der Waals surface area contributed by atoms with Gasteiger partial charge in [0.25, 0.3) is 5.91 Å². The van der Waals surface area contributed by atoms with Gasteiger partial charge in [-0.25, -0.2) is 0 Å². The van der Waals surface area contributed by atoms with Crippen LogP contribution in [-0.4, -0.2) is 55.4 Å². The summed E-state index contributed by atoms with van der Waals surface area (Å²) in [6.45, 7) is 3.84. The number of nitrogens with two attached hydrogens (primary N) is 1. The normalized spacial score (nSPS) is 36.9. The van der Waals surface area contributed by atoms with Gasteiger partial charge < -0.3 is 15.5 Å². The molecule has 2 unspecified atom stereocenters. The first-order chi connectivity index (χ1) is 9.72. The smallest absolute Gasteiger partial charge is 0.272 e. The van der Waals surface area contributed by atoms with E-state index in [-0.39, 0.29) is 5.91 Å². The van der Waals surface area contributed by atoms with Crippen LogP contribution in [0.1, 0.15) is 38.5 Å². The number of fused-ring (bicyclic) bond motifs is 1. The summed E-state index contributed by atoms with van der Waals surface area (Å²) < 4.78 is 0. The van der Waals surface area contributed by atoms with Crippen molar-refractivity contribution in [3.8, 4) is 0 Å². The van der Waals surface area contributed by atoms with Crippen molar-refractivity contribution in [1.82, 2.24) is 4.90 Å². The second-order valence-corrected chi connectivity index (χ2v) is 6.72. The Morgan fingerprint density at radius 2 is 2.00 bits per heavy atom. The molecule has 0 aromatic rings. The summed E-state index contributed by atoms with van der Waals surface area (Å²) in [5.74, 6) is 0.592. The third-order valence-corrected chi connectivity index (χ3v) is 5.23. The second kappa shape index (κ2) is 6.12. The van der Waals surface area contributed by atoms with Crippen LogP contribution < -0.4 is 10.6 Å². The van der Waals surface area contributed by atoms with Gasteiger partial charge in [0, 0.05) is 19.4 Å². The SMILES string of the molecule is NC(=O)C[NH+]1CCC(CN2C=NC3CCCCC32)CC1. The predicted octanol–water partition coefficient (Wildman–Crippen LogP) is -0.578. The third-order valence-electron chi connectivity index (χ3n) is 5.23. The third kappa shape index (κ3) is 3.14. The number of quaternary nitrogens is 1. The average Bonchev–Trinajstić information content (AvgIpc) is 2.84. The molecule has 5 heteroatoms. The maximum Gasteiger partial charge on any atom is 0.272 e. The molecule has 1 saturated heterocycles. The Morgan fingerprint density at radius 1 is 1.25 bits per heavy atom. The Balaban J connectivity index is 1.45. The van der Waals surface area contributed by atoms with Crippen LogP contribution in [0.2, 0.25) is 0 Å². The van der Waals surface area contributed by atoms with E-state index in [1.807, 2.05) is 0 Å². The first-order valence-electron chi connectivity index (χ1n) is 8.13. The lowest BCUT2D eigenvalue weighted by Gasteiger charge is -2.35. The van der Waals surface area contributed by atoms with Crippen molar-refractivity contribution in [2.45, 2.75) is 50.6 Å². The van der Waals surface area contributed by atoms with Gasteiger partial charge in [0.15, 0.2) is 6.54 Å². The van der Waals surface area contributed by atoms with Crippen molar-refractivity contribution in [3.63, 3.8) is 0 Å². The van der Waals surface area contributed by atoms with Gasteiger partial charge in [0.1, 0.15) is 0 Å². The molecular formula is C15H27N4O+. The topological polar surface area (TPSA) is 63.1 Å². The highest BCUT2D eigenvalue weighted by Gasteiger charge is 2.34. The van der Waals surface area contributed by atoms with Crippen LogP contribution in [0, 0.1) is 5.92 Å². The van der Waals surface area contributed by atoms with E-state index in [2.05, 4.69) is 11.2 Å². The zero-order valence-corrected chi connectivity index (χ0v) is 12.3. The molecule has 20 heavy (non-hydrogen) atoms. The van der Waals surface area contributed by atoms with Gasteiger partial charge >= 0.3 is 0 Å². The number of nitrogens with zero attached hydrogens (tertiary/aromatic N) is 2. The lowest BCUT2D eigenvalue weighted by molar-refractivity contribution is -0.898. The Labute approximate surface area is 121 Å². The highest BCUT2D eigenvalue weighted by molar-refractivity contribution is 5.74. The van der Waals surface area contributed by atoms with Gasteiger partial charge in [-0.3, -0.25) is 9.79 Å². The molecule has 0 aromatic heterocycles. The molecule has 0 aromatic carbocycles. The number of piperidine rings is 1. The minimum Gasteiger partial charge on any atom is -0.365 e. The van der Waals surface area contributed by atoms with Crippen molar-refractivity contribution < 1.29 is 9.69 Å². The van der Waals surface area contributed by atoms with Crippen molar-refractivity contribution in [1.29, 1.82) is 0 Å². The van der Waals surface area contributed by atoms with Gasteiger partial charge in [-0.2, -0.15) is 0 Å². The molecule has 1 saturated carbocycles. The first kappa shape index (κ1) is 13.9. The van der Waals surface area contributed by atoms with Crippen molar-refractivity contribution >= 4 is 12.2 Å². The monoisotopic (exact) mass is 279 g/mol. The molecule has 1 aliphatic carbocycles. The highest BCUT2D eigenvalue weighted by atomic mass is 16.1. The number of nitrogens with one attached hydrogen (secondary N) is 1. The van der Waals surface area contributed by atoms with Gasteiger partial charge in [-0.05, 0) is 18.8 Å². The van der Waals surface area contributed by atoms with Crippen LogP contribution in [0.25, 0.3) is 0 Å². The molecule has 3 N–H and O–H groups in total. The van der Waals surface area contributed by atoms with Gasteiger partial charge in [-0.15, -0.1) is 0 Å². The zero-order valence-electron chi connectivity index (χ0n) is 12.3. The molecule has 2 aliphatic heterocycles. The van der Waals surface area contributed by atoms with Crippen LogP contribution >= 0.6 is 0 Å². The minimum absolute atomic E-state index is 0.171. The predicted molar refractivity (Wildman–Crippen MR) is 78.7 cm³/mol.